The minimum Gasteiger partial charge on any atom is -0.325 e. The van der Waals surface area contributed by atoms with Crippen molar-refractivity contribution in [3.05, 3.63) is 40.4 Å². The zero-order valence-corrected chi connectivity index (χ0v) is 16.7. The van der Waals surface area contributed by atoms with Crippen molar-refractivity contribution < 1.29 is 4.79 Å². The number of nitrogens with zero attached hydrogens (tertiary/aromatic N) is 3. The van der Waals surface area contributed by atoms with Gasteiger partial charge in [0.1, 0.15) is 6.33 Å². The number of halogens is 2. The fourth-order valence-electron chi connectivity index (χ4n) is 6.24. The Labute approximate surface area is 168 Å². The molecule has 4 aliphatic carbocycles. The molecule has 0 spiro atoms. The molecule has 6 rings (SSSR count). The van der Waals surface area contributed by atoms with Crippen molar-refractivity contribution >= 4 is 34.8 Å². The van der Waals surface area contributed by atoms with E-state index in [0.717, 1.165) is 43.4 Å². The Kier molecular flexibility index (Phi) is 3.86. The number of carbonyl (C=O) groups is 1. The summed E-state index contributed by atoms with van der Waals surface area (Å²) >= 11 is 12.1. The van der Waals surface area contributed by atoms with Crippen molar-refractivity contribution in [1.82, 2.24) is 14.8 Å². The van der Waals surface area contributed by atoms with Crippen LogP contribution in [-0.4, -0.2) is 20.7 Å². The summed E-state index contributed by atoms with van der Waals surface area (Å²) < 4.78 is 1.95. The summed E-state index contributed by atoms with van der Waals surface area (Å²) in [4.78, 5) is 17.6. The zero-order chi connectivity index (χ0) is 18.8. The van der Waals surface area contributed by atoms with Gasteiger partial charge in [-0.2, -0.15) is 0 Å². The monoisotopic (exact) mass is 404 g/mol. The highest BCUT2D eigenvalue weighted by Gasteiger charge is 2.61. The first-order valence-electron chi connectivity index (χ1n) is 9.53. The second-order valence-corrected chi connectivity index (χ2v) is 9.61. The van der Waals surface area contributed by atoms with E-state index in [2.05, 4.69) is 15.4 Å². The molecule has 4 aliphatic rings. The Morgan fingerprint density at radius 1 is 1.22 bits per heavy atom. The van der Waals surface area contributed by atoms with E-state index < -0.39 is 0 Å². The maximum Gasteiger partial charge on any atom is 0.242 e. The predicted octanol–water partition coefficient (Wildman–Crippen LogP) is 4.83. The molecule has 2 aromatic rings. The van der Waals surface area contributed by atoms with E-state index in [1.807, 2.05) is 29.8 Å². The molecule has 1 amide bonds. The third-order valence-electron chi connectivity index (χ3n) is 6.90. The van der Waals surface area contributed by atoms with Crippen LogP contribution in [-0.2, 0) is 10.3 Å². The predicted molar refractivity (Wildman–Crippen MR) is 105 cm³/mol. The van der Waals surface area contributed by atoms with Gasteiger partial charge in [-0.25, -0.2) is 9.67 Å². The first-order chi connectivity index (χ1) is 12.9. The van der Waals surface area contributed by atoms with Crippen molar-refractivity contribution in [2.45, 2.75) is 51.0 Å². The maximum absolute atomic E-state index is 13.5. The van der Waals surface area contributed by atoms with Gasteiger partial charge < -0.3 is 5.32 Å². The van der Waals surface area contributed by atoms with Crippen LogP contribution in [0.1, 0.15) is 44.1 Å². The molecule has 142 valence electrons. The molecule has 4 saturated carbocycles. The SMILES string of the molecule is Cc1cc(Cl)ccc1NC(=O)C12CC3CC(C1)CC(n1cnc(Cl)n1)(C3)C2. The fraction of sp³-hybridized carbons (Fsp3) is 0.550. The molecule has 1 aromatic carbocycles. The average Bonchev–Trinajstić information content (AvgIpc) is 3.03. The van der Waals surface area contributed by atoms with Gasteiger partial charge in [-0.05, 0) is 92.6 Å². The number of amides is 1. The number of aryl methyl sites for hydroxylation is 1. The number of hydrogen-bond acceptors (Lipinski definition) is 3. The number of hydrogen-bond donors (Lipinski definition) is 1. The molecule has 4 bridgehead atoms. The molecule has 0 radical (unpaired) electrons. The number of rotatable bonds is 3. The molecular weight excluding hydrogens is 383 g/mol. The lowest BCUT2D eigenvalue weighted by Gasteiger charge is -2.60. The van der Waals surface area contributed by atoms with Gasteiger partial charge >= 0.3 is 0 Å². The molecule has 2 atom stereocenters. The second kappa shape index (κ2) is 5.95. The van der Waals surface area contributed by atoms with Gasteiger partial charge in [0.25, 0.3) is 0 Å². The van der Waals surface area contributed by atoms with Crippen molar-refractivity contribution in [3.8, 4) is 0 Å². The van der Waals surface area contributed by atoms with E-state index in [-0.39, 0.29) is 22.1 Å². The van der Waals surface area contributed by atoms with E-state index in [9.17, 15) is 4.79 Å². The molecular formula is C20H22Cl2N4O. The first kappa shape index (κ1) is 17.5. The summed E-state index contributed by atoms with van der Waals surface area (Å²) in [5, 5.41) is 8.58. The van der Waals surface area contributed by atoms with Gasteiger partial charge in [0.05, 0.1) is 11.0 Å². The molecule has 0 saturated heterocycles. The number of carbonyl (C=O) groups excluding carboxylic acids is 1. The highest BCUT2D eigenvalue weighted by Crippen LogP contribution is 2.64. The Morgan fingerprint density at radius 2 is 1.96 bits per heavy atom. The van der Waals surface area contributed by atoms with Crippen LogP contribution in [0.25, 0.3) is 0 Å². The van der Waals surface area contributed by atoms with Gasteiger partial charge in [-0.3, -0.25) is 4.79 Å². The largest absolute Gasteiger partial charge is 0.325 e. The number of nitrogens with one attached hydrogen (secondary N) is 1. The smallest absolute Gasteiger partial charge is 0.242 e. The summed E-state index contributed by atoms with van der Waals surface area (Å²) in [6.45, 7) is 1.97. The molecule has 1 heterocycles. The third-order valence-corrected chi connectivity index (χ3v) is 7.31. The lowest BCUT2D eigenvalue weighted by molar-refractivity contribution is -0.150. The van der Waals surface area contributed by atoms with Crippen LogP contribution in [0.5, 0.6) is 0 Å². The van der Waals surface area contributed by atoms with Crippen LogP contribution in [0, 0.1) is 24.2 Å². The molecule has 0 aliphatic heterocycles. The van der Waals surface area contributed by atoms with Crippen LogP contribution in [0.15, 0.2) is 24.5 Å². The molecule has 1 aromatic heterocycles. The average molecular weight is 405 g/mol. The van der Waals surface area contributed by atoms with Crippen molar-refractivity contribution in [3.63, 3.8) is 0 Å². The molecule has 27 heavy (non-hydrogen) atoms. The van der Waals surface area contributed by atoms with E-state index >= 15 is 0 Å². The quantitative estimate of drug-likeness (QED) is 0.796. The number of aromatic nitrogens is 3. The van der Waals surface area contributed by atoms with Crippen LogP contribution < -0.4 is 5.32 Å². The number of benzene rings is 1. The van der Waals surface area contributed by atoms with E-state index in [1.165, 1.54) is 6.42 Å². The van der Waals surface area contributed by atoms with Crippen LogP contribution in [0.2, 0.25) is 10.3 Å². The lowest BCUT2D eigenvalue weighted by atomic mass is 9.46. The van der Waals surface area contributed by atoms with Crippen molar-refractivity contribution in [2.75, 3.05) is 5.32 Å². The molecule has 4 fully saturated rings. The summed E-state index contributed by atoms with van der Waals surface area (Å²) in [5.74, 6) is 1.26. The van der Waals surface area contributed by atoms with E-state index in [0.29, 0.717) is 16.9 Å². The van der Waals surface area contributed by atoms with Gasteiger partial charge in [0.2, 0.25) is 11.2 Å². The summed E-state index contributed by atoms with van der Waals surface area (Å²) in [5.41, 5.74) is 1.36. The Hall–Kier alpha value is -1.59. The third kappa shape index (κ3) is 2.78. The first-order valence-corrected chi connectivity index (χ1v) is 10.3. The topological polar surface area (TPSA) is 59.8 Å². The molecule has 1 N–H and O–H groups in total. The Bertz CT molecular complexity index is 910. The van der Waals surface area contributed by atoms with Crippen LogP contribution in [0.4, 0.5) is 5.69 Å². The summed E-state index contributed by atoms with van der Waals surface area (Å²) in [7, 11) is 0. The Balaban J connectivity index is 1.47. The minimum atomic E-state index is -0.339. The van der Waals surface area contributed by atoms with Gasteiger partial charge in [-0.1, -0.05) is 11.6 Å². The number of anilines is 1. The van der Waals surface area contributed by atoms with Gasteiger partial charge in [-0.15, -0.1) is 5.10 Å². The Morgan fingerprint density at radius 3 is 2.59 bits per heavy atom. The second-order valence-electron chi connectivity index (χ2n) is 8.84. The highest BCUT2D eigenvalue weighted by molar-refractivity contribution is 6.30. The van der Waals surface area contributed by atoms with Crippen molar-refractivity contribution in [2.24, 2.45) is 17.3 Å². The summed E-state index contributed by atoms with van der Waals surface area (Å²) in [6.07, 6.45) is 7.84. The standard InChI is InChI=1S/C20H22Cl2N4O/c1-12-4-15(21)2-3-16(12)24-17(27)19-6-13-5-14(7-19)9-20(8-13,10-19)26-11-23-18(22)25-26/h2-4,11,13-14H,5-10H2,1H3,(H,24,27). The molecule has 2 unspecified atom stereocenters. The maximum atomic E-state index is 13.5. The highest BCUT2D eigenvalue weighted by atomic mass is 35.5. The molecule has 7 heteroatoms. The normalized spacial score (nSPS) is 34.0. The minimum absolute atomic E-state index is 0.128. The lowest BCUT2D eigenvalue weighted by Crippen LogP contribution is -2.60. The molecule has 5 nitrogen and oxygen atoms in total. The van der Waals surface area contributed by atoms with E-state index in [4.69, 9.17) is 23.2 Å². The van der Waals surface area contributed by atoms with Crippen LogP contribution in [0.3, 0.4) is 0 Å². The van der Waals surface area contributed by atoms with Crippen LogP contribution >= 0.6 is 23.2 Å². The van der Waals surface area contributed by atoms with E-state index in [1.54, 1.807) is 6.33 Å². The van der Waals surface area contributed by atoms with Gasteiger partial charge in [0.15, 0.2) is 0 Å². The fourth-order valence-corrected chi connectivity index (χ4v) is 6.59. The van der Waals surface area contributed by atoms with Gasteiger partial charge in [0, 0.05) is 10.7 Å². The van der Waals surface area contributed by atoms with Crippen molar-refractivity contribution in [1.29, 1.82) is 0 Å². The zero-order valence-electron chi connectivity index (χ0n) is 15.2. The summed E-state index contributed by atoms with van der Waals surface area (Å²) in [6, 6.07) is 5.60.